The average Bonchev–Trinajstić information content (AvgIpc) is 3.08. The molecule has 0 N–H and O–H groups in total. The maximum absolute atomic E-state index is 12.9. The van der Waals surface area contributed by atoms with E-state index in [9.17, 15) is 4.79 Å². The number of nitrogens with zero attached hydrogens (tertiary/aromatic N) is 3. The molecule has 1 aromatic heterocycles. The van der Waals surface area contributed by atoms with Crippen LogP contribution in [0.3, 0.4) is 0 Å². The molecule has 148 valence electrons. The molecule has 0 saturated carbocycles. The monoisotopic (exact) mass is 371 g/mol. The number of carbonyl (C=O) groups excluding carboxylic acids is 1. The fourth-order valence-electron chi connectivity index (χ4n) is 2.95. The summed E-state index contributed by atoms with van der Waals surface area (Å²) in [6, 6.07) is 10.4. The molecule has 0 aliphatic rings. The molecule has 0 spiro atoms. The Morgan fingerprint density at radius 1 is 1.11 bits per heavy atom. The van der Waals surface area contributed by atoms with Crippen LogP contribution in [0.5, 0.6) is 0 Å². The number of benzene rings is 1. The van der Waals surface area contributed by atoms with Crippen molar-refractivity contribution in [2.45, 2.75) is 66.6 Å². The van der Waals surface area contributed by atoms with Crippen LogP contribution < -0.4 is 4.90 Å². The number of hydrogen-bond donors (Lipinski definition) is 0. The standard InChI is InChI=1S/C22H33N3O2/c1-8-17(6)25(21(26)15(2)3)14-19-20(18-12-10-9-11-13-18)23-27-22(19)24(7)16(4)5/h9-13,15-17H,8,14H2,1-7H3. The fraction of sp³-hybridized carbons (Fsp3) is 0.545. The Morgan fingerprint density at radius 3 is 2.26 bits per heavy atom. The summed E-state index contributed by atoms with van der Waals surface area (Å²) in [6.45, 7) is 12.8. The van der Waals surface area contributed by atoms with Crippen molar-refractivity contribution in [3.63, 3.8) is 0 Å². The van der Waals surface area contributed by atoms with E-state index in [0.717, 1.165) is 29.1 Å². The highest BCUT2D eigenvalue weighted by Crippen LogP contribution is 2.33. The molecule has 0 fully saturated rings. The normalized spacial score (nSPS) is 12.5. The SMILES string of the molecule is CCC(C)N(Cc1c(-c2ccccc2)noc1N(C)C(C)C)C(=O)C(C)C. The highest BCUT2D eigenvalue weighted by Gasteiger charge is 2.28. The van der Waals surface area contributed by atoms with Crippen molar-refractivity contribution in [2.24, 2.45) is 5.92 Å². The highest BCUT2D eigenvalue weighted by molar-refractivity contribution is 5.79. The van der Waals surface area contributed by atoms with Crippen molar-refractivity contribution in [1.29, 1.82) is 0 Å². The van der Waals surface area contributed by atoms with Crippen molar-refractivity contribution < 1.29 is 9.32 Å². The van der Waals surface area contributed by atoms with Gasteiger partial charge in [-0.15, -0.1) is 0 Å². The zero-order chi connectivity index (χ0) is 20.1. The van der Waals surface area contributed by atoms with Gasteiger partial charge in [0.05, 0.1) is 12.1 Å². The molecule has 0 saturated heterocycles. The molecule has 1 amide bonds. The lowest BCUT2D eigenvalue weighted by Crippen LogP contribution is -2.40. The van der Waals surface area contributed by atoms with Gasteiger partial charge in [-0.25, -0.2) is 0 Å². The molecule has 0 bridgehead atoms. The average molecular weight is 372 g/mol. The number of carbonyl (C=O) groups is 1. The third kappa shape index (κ3) is 4.71. The van der Waals surface area contributed by atoms with Crippen LogP contribution in [0.4, 0.5) is 5.88 Å². The maximum atomic E-state index is 12.9. The van der Waals surface area contributed by atoms with Crippen molar-refractivity contribution in [3.05, 3.63) is 35.9 Å². The number of aromatic nitrogens is 1. The minimum atomic E-state index is -0.0506. The highest BCUT2D eigenvalue weighted by atomic mass is 16.5. The largest absolute Gasteiger partial charge is 0.341 e. The first-order valence-corrected chi connectivity index (χ1v) is 9.85. The van der Waals surface area contributed by atoms with E-state index >= 15 is 0 Å². The third-order valence-corrected chi connectivity index (χ3v) is 5.14. The summed E-state index contributed by atoms with van der Waals surface area (Å²) in [4.78, 5) is 16.9. The summed E-state index contributed by atoms with van der Waals surface area (Å²) in [5.41, 5.74) is 2.77. The Balaban J connectivity index is 2.53. The van der Waals surface area contributed by atoms with Gasteiger partial charge in [-0.05, 0) is 27.2 Å². The van der Waals surface area contributed by atoms with Crippen molar-refractivity contribution in [2.75, 3.05) is 11.9 Å². The quantitative estimate of drug-likeness (QED) is 0.657. The lowest BCUT2D eigenvalue weighted by molar-refractivity contribution is -0.137. The first-order valence-electron chi connectivity index (χ1n) is 9.85. The second kappa shape index (κ2) is 9.07. The molecular formula is C22H33N3O2. The van der Waals surface area contributed by atoms with Crippen molar-refractivity contribution in [1.82, 2.24) is 10.1 Å². The molecule has 1 aromatic carbocycles. The molecule has 0 aliphatic carbocycles. The summed E-state index contributed by atoms with van der Waals surface area (Å²) in [5.74, 6) is 0.835. The maximum Gasteiger partial charge on any atom is 0.232 e. The van der Waals surface area contributed by atoms with E-state index in [0.29, 0.717) is 6.54 Å². The zero-order valence-corrected chi connectivity index (χ0v) is 17.7. The Labute approximate surface area is 163 Å². The van der Waals surface area contributed by atoms with Gasteiger partial charge in [-0.3, -0.25) is 4.79 Å². The Kier molecular flexibility index (Phi) is 7.05. The predicted octanol–water partition coefficient (Wildman–Crippen LogP) is 4.97. The van der Waals surface area contributed by atoms with Crippen LogP contribution in [0.2, 0.25) is 0 Å². The summed E-state index contributed by atoms with van der Waals surface area (Å²) in [7, 11) is 2.00. The van der Waals surface area contributed by atoms with E-state index in [1.165, 1.54) is 0 Å². The molecule has 2 aromatic rings. The Bertz CT molecular complexity index is 737. The molecule has 1 heterocycles. The molecule has 27 heavy (non-hydrogen) atoms. The van der Waals surface area contributed by atoms with Crippen LogP contribution in [0.25, 0.3) is 11.3 Å². The van der Waals surface area contributed by atoms with Gasteiger partial charge >= 0.3 is 0 Å². The van der Waals surface area contributed by atoms with Crippen LogP contribution in [-0.2, 0) is 11.3 Å². The first kappa shape index (κ1) is 21.0. The van der Waals surface area contributed by atoms with E-state index < -0.39 is 0 Å². The molecule has 1 unspecified atom stereocenters. The van der Waals surface area contributed by atoms with E-state index in [2.05, 4.69) is 37.8 Å². The second-order valence-electron chi connectivity index (χ2n) is 7.76. The van der Waals surface area contributed by atoms with Gasteiger partial charge in [0, 0.05) is 30.6 Å². The van der Waals surface area contributed by atoms with Crippen LogP contribution >= 0.6 is 0 Å². The predicted molar refractivity (Wildman–Crippen MR) is 111 cm³/mol. The lowest BCUT2D eigenvalue weighted by atomic mass is 10.0. The minimum absolute atomic E-state index is 0.0506. The molecule has 0 aliphatic heterocycles. The second-order valence-corrected chi connectivity index (χ2v) is 7.76. The Hall–Kier alpha value is -2.30. The Morgan fingerprint density at radius 2 is 1.74 bits per heavy atom. The molecule has 0 radical (unpaired) electrons. The van der Waals surface area contributed by atoms with Gasteiger partial charge in [0.1, 0.15) is 5.69 Å². The third-order valence-electron chi connectivity index (χ3n) is 5.14. The smallest absolute Gasteiger partial charge is 0.232 e. The molecular weight excluding hydrogens is 338 g/mol. The molecule has 2 rings (SSSR count). The van der Waals surface area contributed by atoms with Gasteiger partial charge in [0.15, 0.2) is 0 Å². The molecule has 1 atom stereocenters. The summed E-state index contributed by atoms with van der Waals surface area (Å²) >= 11 is 0. The van der Waals surface area contributed by atoms with Gasteiger partial charge in [-0.1, -0.05) is 56.3 Å². The summed E-state index contributed by atoms with van der Waals surface area (Å²) in [5, 5.41) is 4.38. The lowest BCUT2D eigenvalue weighted by Gasteiger charge is -2.31. The minimum Gasteiger partial charge on any atom is -0.341 e. The van der Waals surface area contributed by atoms with Gasteiger partial charge in [0.2, 0.25) is 11.8 Å². The van der Waals surface area contributed by atoms with E-state index in [1.807, 2.05) is 56.1 Å². The molecule has 5 nitrogen and oxygen atoms in total. The summed E-state index contributed by atoms with van der Waals surface area (Å²) in [6.07, 6.45) is 0.903. The van der Waals surface area contributed by atoms with Gasteiger partial charge in [0.25, 0.3) is 0 Å². The number of rotatable bonds is 8. The van der Waals surface area contributed by atoms with Crippen molar-refractivity contribution >= 4 is 11.8 Å². The van der Waals surface area contributed by atoms with Crippen LogP contribution in [0.1, 0.15) is 53.5 Å². The summed E-state index contributed by atoms with van der Waals surface area (Å²) < 4.78 is 5.77. The topological polar surface area (TPSA) is 49.6 Å². The zero-order valence-electron chi connectivity index (χ0n) is 17.7. The number of anilines is 1. The van der Waals surface area contributed by atoms with Gasteiger partial charge < -0.3 is 14.3 Å². The van der Waals surface area contributed by atoms with E-state index in [1.54, 1.807) is 0 Å². The van der Waals surface area contributed by atoms with Crippen LogP contribution in [-0.4, -0.2) is 35.1 Å². The first-order chi connectivity index (χ1) is 12.8. The number of amides is 1. The van der Waals surface area contributed by atoms with Crippen molar-refractivity contribution in [3.8, 4) is 11.3 Å². The van der Waals surface area contributed by atoms with Crippen LogP contribution in [0, 0.1) is 5.92 Å². The van der Waals surface area contributed by atoms with E-state index in [-0.39, 0.29) is 23.9 Å². The fourth-order valence-corrected chi connectivity index (χ4v) is 2.95. The van der Waals surface area contributed by atoms with Gasteiger partial charge in [-0.2, -0.15) is 0 Å². The van der Waals surface area contributed by atoms with Crippen LogP contribution in [0.15, 0.2) is 34.9 Å². The number of hydrogen-bond acceptors (Lipinski definition) is 4. The molecule has 5 heteroatoms. The van der Waals surface area contributed by atoms with E-state index in [4.69, 9.17) is 4.52 Å².